The van der Waals surface area contributed by atoms with Gasteiger partial charge in [-0.15, -0.1) is 10.2 Å². The Bertz CT molecular complexity index is 1100. The van der Waals surface area contributed by atoms with E-state index in [4.69, 9.17) is 4.74 Å². The zero-order chi connectivity index (χ0) is 21.3. The zero-order valence-electron chi connectivity index (χ0n) is 15.3. The molecule has 2 aliphatic carbocycles. The van der Waals surface area contributed by atoms with Gasteiger partial charge >= 0.3 is 6.18 Å². The van der Waals surface area contributed by atoms with Crippen LogP contribution in [-0.4, -0.2) is 26.6 Å². The number of aromatic nitrogens is 3. The van der Waals surface area contributed by atoms with E-state index >= 15 is 0 Å². The molecule has 0 spiro atoms. The first kappa shape index (κ1) is 19.2. The SMILES string of the molecule is Fc1ccc([C@H]2C[C@H](Oc3ccn4c(C5CC5(F)F)nnc4c3C(F)(F)F)C2)cc1. The molecule has 0 aliphatic heterocycles. The molecule has 10 heteroatoms. The largest absolute Gasteiger partial charge is 0.490 e. The highest BCUT2D eigenvalue weighted by molar-refractivity contribution is 5.57. The smallest absolute Gasteiger partial charge is 0.423 e. The average molecular weight is 427 g/mol. The van der Waals surface area contributed by atoms with Crippen LogP contribution in [0.3, 0.4) is 0 Å². The van der Waals surface area contributed by atoms with Crippen LogP contribution in [-0.2, 0) is 6.18 Å². The number of alkyl halides is 5. The van der Waals surface area contributed by atoms with Crippen molar-refractivity contribution in [2.24, 2.45) is 0 Å². The molecule has 2 saturated carbocycles. The molecule has 2 fully saturated rings. The Hall–Kier alpha value is -2.78. The summed E-state index contributed by atoms with van der Waals surface area (Å²) < 4.78 is 87.6. The van der Waals surface area contributed by atoms with Gasteiger partial charge in [-0.2, -0.15) is 13.2 Å². The molecule has 1 aromatic carbocycles. The molecule has 2 heterocycles. The van der Waals surface area contributed by atoms with Gasteiger partial charge in [-0.05, 0) is 42.5 Å². The minimum absolute atomic E-state index is 0.0745. The van der Waals surface area contributed by atoms with E-state index in [9.17, 15) is 26.3 Å². The Morgan fingerprint density at radius 2 is 1.70 bits per heavy atom. The molecule has 1 unspecified atom stereocenters. The fourth-order valence-electron chi connectivity index (χ4n) is 3.90. The summed E-state index contributed by atoms with van der Waals surface area (Å²) in [6.07, 6.45) is -3.49. The van der Waals surface area contributed by atoms with Crippen LogP contribution in [0.25, 0.3) is 5.65 Å². The standard InChI is InChI=1S/C20H15F6N3O/c21-12-3-1-10(2-4-12)11-7-13(8-11)30-15-5-6-29-17(14-9-19(14,22)23)27-28-18(29)16(15)20(24,25)26/h1-6,11,13-14H,7-9H2/t11-,13-,14?. The van der Waals surface area contributed by atoms with E-state index in [-0.39, 0.29) is 17.6 Å². The maximum atomic E-state index is 13.8. The second-order valence-corrected chi connectivity index (χ2v) is 7.78. The van der Waals surface area contributed by atoms with Crippen LogP contribution in [0.15, 0.2) is 36.5 Å². The van der Waals surface area contributed by atoms with Crippen LogP contribution in [0, 0.1) is 5.82 Å². The molecule has 0 radical (unpaired) electrons. The van der Waals surface area contributed by atoms with Crippen molar-refractivity contribution in [1.29, 1.82) is 0 Å². The number of halogens is 6. The van der Waals surface area contributed by atoms with Gasteiger partial charge in [-0.3, -0.25) is 4.40 Å². The molecule has 5 rings (SSSR count). The van der Waals surface area contributed by atoms with Gasteiger partial charge in [0.15, 0.2) is 5.65 Å². The highest BCUT2D eigenvalue weighted by Gasteiger charge is 2.60. The fraction of sp³-hybridized carbons (Fsp3) is 0.400. The van der Waals surface area contributed by atoms with Crippen molar-refractivity contribution >= 4 is 5.65 Å². The highest BCUT2D eigenvalue weighted by Crippen LogP contribution is 2.55. The summed E-state index contributed by atoms with van der Waals surface area (Å²) in [7, 11) is 0. The van der Waals surface area contributed by atoms with Crippen LogP contribution in [0.1, 0.15) is 48.0 Å². The number of nitrogens with zero attached hydrogens (tertiary/aromatic N) is 3. The number of rotatable bonds is 4. The summed E-state index contributed by atoms with van der Waals surface area (Å²) in [5, 5.41) is 7.13. The Labute approximate surface area is 166 Å². The van der Waals surface area contributed by atoms with Crippen molar-refractivity contribution in [2.45, 2.75) is 49.3 Å². The van der Waals surface area contributed by atoms with E-state index in [1.54, 1.807) is 12.1 Å². The molecule has 0 bridgehead atoms. The maximum Gasteiger partial charge on any atom is 0.423 e. The van der Waals surface area contributed by atoms with Crippen molar-refractivity contribution in [1.82, 2.24) is 14.6 Å². The number of benzene rings is 1. The lowest BCUT2D eigenvalue weighted by Crippen LogP contribution is -2.33. The summed E-state index contributed by atoms with van der Waals surface area (Å²) in [6.45, 7) is 0. The summed E-state index contributed by atoms with van der Waals surface area (Å²) in [6, 6.07) is 7.09. The number of hydrogen-bond acceptors (Lipinski definition) is 3. The normalized spacial score (nSPS) is 25.2. The van der Waals surface area contributed by atoms with Crippen molar-refractivity contribution in [2.75, 3.05) is 0 Å². The first-order chi connectivity index (χ1) is 14.1. The van der Waals surface area contributed by atoms with Gasteiger partial charge in [0, 0.05) is 12.6 Å². The summed E-state index contributed by atoms with van der Waals surface area (Å²) >= 11 is 0. The van der Waals surface area contributed by atoms with E-state index in [2.05, 4.69) is 10.2 Å². The molecule has 0 N–H and O–H groups in total. The van der Waals surface area contributed by atoms with Crippen LogP contribution in [0.2, 0.25) is 0 Å². The summed E-state index contributed by atoms with van der Waals surface area (Å²) in [5.41, 5.74) is -0.778. The van der Waals surface area contributed by atoms with Crippen molar-refractivity contribution in [3.63, 3.8) is 0 Å². The van der Waals surface area contributed by atoms with E-state index in [0.717, 1.165) is 16.0 Å². The van der Waals surface area contributed by atoms with Crippen molar-refractivity contribution in [3.8, 4) is 5.75 Å². The lowest BCUT2D eigenvalue weighted by atomic mass is 9.77. The highest BCUT2D eigenvalue weighted by atomic mass is 19.4. The first-order valence-corrected chi connectivity index (χ1v) is 9.38. The Morgan fingerprint density at radius 1 is 1.03 bits per heavy atom. The third-order valence-electron chi connectivity index (χ3n) is 5.72. The van der Waals surface area contributed by atoms with E-state index in [1.165, 1.54) is 18.3 Å². The van der Waals surface area contributed by atoms with E-state index in [0.29, 0.717) is 12.8 Å². The predicted molar refractivity (Wildman–Crippen MR) is 93.1 cm³/mol. The number of fused-ring (bicyclic) bond motifs is 1. The van der Waals surface area contributed by atoms with Gasteiger partial charge in [0.25, 0.3) is 5.92 Å². The molecule has 0 saturated heterocycles. The van der Waals surface area contributed by atoms with Crippen LogP contribution < -0.4 is 4.74 Å². The third-order valence-corrected chi connectivity index (χ3v) is 5.72. The second kappa shape index (κ2) is 6.36. The average Bonchev–Trinajstić information content (AvgIpc) is 3.07. The Kier molecular flexibility index (Phi) is 4.07. The topological polar surface area (TPSA) is 39.4 Å². The Balaban J connectivity index is 1.40. The van der Waals surface area contributed by atoms with Crippen molar-refractivity contribution in [3.05, 3.63) is 59.3 Å². The number of ether oxygens (including phenoxy) is 1. The van der Waals surface area contributed by atoms with E-state index in [1.807, 2.05) is 0 Å². The van der Waals surface area contributed by atoms with Crippen LogP contribution in [0.5, 0.6) is 5.75 Å². The van der Waals surface area contributed by atoms with E-state index < -0.39 is 47.5 Å². The monoisotopic (exact) mass is 427 g/mol. The predicted octanol–water partition coefficient (Wildman–Crippen LogP) is 5.33. The molecular formula is C20H15F6N3O. The molecule has 3 aromatic rings. The fourth-order valence-corrected chi connectivity index (χ4v) is 3.90. The molecule has 158 valence electrons. The molecule has 1 atom stereocenters. The minimum Gasteiger partial charge on any atom is -0.490 e. The van der Waals surface area contributed by atoms with Crippen molar-refractivity contribution < 1.29 is 31.1 Å². The zero-order valence-corrected chi connectivity index (χ0v) is 15.3. The lowest BCUT2D eigenvalue weighted by Gasteiger charge is -2.36. The molecule has 2 aromatic heterocycles. The molecule has 0 amide bonds. The van der Waals surface area contributed by atoms with Gasteiger partial charge in [-0.1, -0.05) is 12.1 Å². The van der Waals surface area contributed by atoms with Gasteiger partial charge in [0.1, 0.15) is 23.0 Å². The van der Waals surface area contributed by atoms with Gasteiger partial charge in [-0.25, -0.2) is 13.2 Å². The summed E-state index contributed by atoms with van der Waals surface area (Å²) in [5.74, 6) is -5.08. The maximum absolute atomic E-state index is 13.8. The van der Waals surface area contributed by atoms with Crippen LogP contribution >= 0.6 is 0 Å². The number of pyridine rings is 1. The molecule has 2 aliphatic rings. The third kappa shape index (κ3) is 3.18. The van der Waals surface area contributed by atoms with Gasteiger partial charge in [0.2, 0.25) is 0 Å². The first-order valence-electron chi connectivity index (χ1n) is 9.38. The second-order valence-electron chi connectivity index (χ2n) is 7.78. The van der Waals surface area contributed by atoms with Gasteiger partial charge in [0.05, 0.1) is 12.0 Å². The van der Waals surface area contributed by atoms with Crippen LogP contribution in [0.4, 0.5) is 26.3 Å². The summed E-state index contributed by atoms with van der Waals surface area (Å²) in [4.78, 5) is 0. The number of hydrogen-bond donors (Lipinski definition) is 0. The lowest BCUT2D eigenvalue weighted by molar-refractivity contribution is -0.138. The Morgan fingerprint density at radius 3 is 2.30 bits per heavy atom. The van der Waals surface area contributed by atoms with Gasteiger partial charge < -0.3 is 4.74 Å². The minimum atomic E-state index is -4.80. The molecule has 30 heavy (non-hydrogen) atoms. The molecule has 4 nitrogen and oxygen atoms in total. The quantitative estimate of drug-likeness (QED) is 0.528. The molecular weight excluding hydrogens is 412 g/mol.